The lowest BCUT2D eigenvalue weighted by Crippen LogP contribution is -2.48. The highest BCUT2D eigenvalue weighted by Crippen LogP contribution is 2.05. The molecule has 2 heterocycles. The van der Waals surface area contributed by atoms with Gasteiger partial charge in [0.05, 0.1) is 0 Å². The number of piperazine rings is 1. The molecule has 0 aliphatic carbocycles. The second kappa shape index (κ2) is 4.13. The Hall–Kier alpha value is -1.19. The van der Waals surface area contributed by atoms with Gasteiger partial charge in [-0.25, -0.2) is 9.82 Å². The van der Waals surface area contributed by atoms with Gasteiger partial charge in [-0.2, -0.15) is 22.8 Å². The summed E-state index contributed by atoms with van der Waals surface area (Å²) in [4.78, 5) is 3.70. The molecule has 8 nitrogen and oxygen atoms in total. The summed E-state index contributed by atoms with van der Waals surface area (Å²) in [6.45, 7) is 2.25. The molecule has 2 rings (SSSR count). The van der Waals surface area contributed by atoms with Crippen molar-refractivity contribution in [3.63, 3.8) is 0 Å². The van der Waals surface area contributed by atoms with Crippen LogP contribution >= 0.6 is 0 Å². The summed E-state index contributed by atoms with van der Waals surface area (Å²) >= 11 is 0. The molecule has 0 atom stereocenters. The van der Waals surface area contributed by atoms with Crippen molar-refractivity contribution in [3.05, 3.63) is 6.33 Å². The van der Waals surface area contributed by atoms with Gasteiger partial charge in [0.15, 0.2) is 0 Å². The van der Waals surface area contributed by atoms with Crippen molar-refractivity contribution in [2.24, 2.45) is 0 Å². The average Bonchev–Trinajstić information content (AvgIpc) is 2.71. The zero-order valence-electron chi connectivity index (χ0n) is 7.97. The summed E-state index contributed by atoms with van der Waals surface area (Å²) in [5.41, 5.74) is 0. The summed E-state index contributed by atoms with van der Waals surface area (Å²) in [6, 6.07) is 0. The average molecular weight is 232 g/mol. The van der Waals surface area contributed by atoms with Gasteiger partial charge in [0.1, 0.15) is 6.33 Å². The molecule has 1 aromatic heterocycles. The normalized spacial score (nSPS) is 18.9. The predicted molar refractivity (Wildman–Crippen MR) is 53.4 cm³/mol. The van der Waals surface area contributed by atoms with Crippen LogP contribution in [0.3, 0.4) is 0 Å². The van der Waals surface area contributed by atoms with Crippen LogP contribution in [0.25, 0.3) is 0 Å². The lowest BCUT2D eigenvalue weighted by Gasteiger charge is -2.26. The van der Waals surface area contributed by atoms with Gasteiger partial charge >= 0.3 is 10.2 Å². The first-order chi connectivity index (χ1) is 7.18. The number of anilines is 1. The number of nitrogens with one attached hydrogen (secondary N) is 3. The van der Waals surface area contributed by atoms with Crippen LogP contribution in [0.15, 0.2) is 6.33 Å². The van der Waals surface area contributed by atoms with Crippen LogP contribution in [0.5, 0.6) is 0 Å². The zero-order chi connectivity index (χ0) is 10.7. The van der Waals surface area contributed by atoms with Gasteiger partial charge in [0.2, 0.25) is 5.95 Å². The van der Waals surface area contributed by atoms with Crippen molar-refractivity contribution in [3.8, 4) is 0 Å². The topological polar surface area (TPSA) is 103 Å². The van der Waals surface area contributed by atoms with E-state index in [1.165, 1.54) is 10.6 Å². The van der Waals surface area contributed by atoms with Crippen molar-refractivity contribution in [2.75, 3.05) is 30.9 Å². The van der Waals surface area contributed by atoms with E-state index in [2.05, 4.69) is 25.2 Å². The first-order valence-electron chi connectivity index (χ1n) is 4.52. The molecule has 0 spiro atoms. The van der Waals surface area contributed by atoms with Crippen molar-refractivity contribution in [1.82, 2.24) is 24.8 Å². The summed E-state index contributed by atoms with van der Waals surface area (Å²) in [5.74, 6) is 0.133. The highest BCUT2D eigenvalue weighted by Gasteiger charge is 2.24. The van der Waals surface area contributed by atoms with Crippen LogP contribution in [0.2, 0.25) is 0 Å². The Morgan fingerprint density at radius 1 is 1.40 bits per heavy atom. The molecule has 9 heteroatoms. The van der Waals surface area contributed by atoms with Crippen LogP contribution in [0.1, 0.15) is 0 Å². The number of H-pyrrole nitrogens is 1. The lowest BCUT2D eigenvalue weighted by molar-refractivity contribution is 0.362. The minimum atomic E-state index is -3.50. The van der Waals surface area contributed by atoms with Gasteiger partial charge in [-0.3, -0.25) is 0 Å². The van der Waals surface area contributed by atoms with Crippen LogP contribution in [-0.2, 0) is 10.2 Å². The minimum Gasteiger partial charge on any atom is -0.314 e. The molecule has 1 saturated heterocycles. The Morgan fingerprint density at radius 3 is 2.73 bits per heavy atom. The number of rotatable bonds is 3. The Kier molecular flexibility index (Phi) is 2.84. The monoisotopic (exact) mass is 232 g/mol. The summed E-state index contributed by atoms with van der Waals surface area (Å²) in [5, 5.41) is 9.07. The van der Waals surface area contributed by atoms with Gasteiger partial charge < -0.3 is 5.32 Å². The number of aromatic nitrogens is 3. The maximum absolute atomic E-state index is 11.8. The molecule has 3 N–H and O–H groups in total. The maximum Gasteiger partial charge on any atom is 0.304 e. The first kappa shape index (κ1) is 10.3. The van der Waals surface area contributed by atoms with E-state index >= 15 is 0 Å². The van der Waals surface area contributed by atoms with Gasteiger partial charge in [0.25, 0.3) is 0 Å². The molecule has 84 valence electrons. The van der Waals surface area contributed by atoms with E-state index in [-0.39, 0.29) is 5.95 Å². The Balaban J connectivity index is 2.05. The Labute approximate surface area is 87.3 Å². The van der Waals surface area contributed by atoms with Crippen molar-refractivity contribution < 1.29 is 8.42 Å². The van der Waals surface area contributed by atoms with E-state index in [1.54, 1.807) is 0 Å². The summed E-state index contributed by atoms with van der Waals surface area (Å²) < 4.78 is 27.2. The van der Waals surface area contributed by atoms with Crippen LogP contribution < -0.4 is 10.0 Å². The highest BCUT2D eigenvalue weighted by molar-refractivity contribution is 7.90. The molecular weight excluding hydrogens is 220 g/mol. The highest BCUT2D eigenvalue weighted by atomic mass is 32.2. The number of aromatic amines is 1. The van der Waals surface area contributed by atoms with E-state index in [9.17, 15) is 8.42 Å². The number of hydrogen-bond acceptors (Lipinski definition) is 5. The summed E-state index contributed by atoms with van der Waals surface area (Å²) in [7, 11) is -3.50. The Bertz CT molecular complexity index is 395. The third-order valence-electron chi connectivity index (χ3n) is 2.06. The lowest BCUT2D eigenvalue weighted by atomic mass is 10.4. The fraction of sp³-hybridized carbons (Fsp3) is 0.667. The molecule has 0 bridgehead atoms. The zero-order valence-corrected chi connectivity index (χ0v) is 8.79. The molecule has 1 fully saturated rings. The standard InChI is InChI=1S/C6H12N6O2S/c13-15(14,11-6-8-5-9-10-6)12-3-1-7-2-4-12/h5,7H,1-4H2,(H2,8,9,10,11). The van der Waals surface area contributed by atoms with Crippen LogP contribution in [-0.4, -0.2) is 54.1 Å². The van der Waals surface area contributed by atoms with Crippen LogP contribution in [0, 0.1) is 0 Å². The molecule has 0 amide bonds. The molecule has 1 aliphatic rings. The Morgan fingerprint density at radius 2 is 2.13 bits per heavy atom. The quantitative estimate of drug-likeness (QED) is 0.580. The van der Waals surface area contributed by atoms with E-state index in [1.807, 2.05) is 0 Å². The second-order valence-electron chi connectivity index (χ2n) is 3.09. The molecule has 0 unspecified atom stereocenters. The SMILES string of the molecule is O=S(=O)(Nc1ncn[nH]1)N1CCNCC1. The molecule has 0 radical (unpaired) electrons. The van der Waals surface area contributed by atoms with E-state index in [0.717, 1.165) is 0 Å². The molecule has 1 aliphatic heterocycles. The fourth-order valence-corrected chi connectivity index (χ4v) is 2.46. The first-order valence-corrected chi connectivity index (χ1v) is 5.96. The van der Waals surface area contributed by atoms with Crippen molar-refractivity contribution in [1.29, 1.82) is 0 Å². The maximum atomic E-state index is 11.8. The predicted octanol–water partition coefficient (Wildman–Crippen LogP) is -1.63. The fourth-order valence-electron chi connectivity index (χ4n) is 1.33. The van der Waals surface area contributed by atoms with Gasteiger partial charge in [-0.1, -0.05) is 0 Å². The summed E-state index contributed by atoms with van der Waals surface area (Å²) in [6.07, 6.45) is 1.25. The van der Waals surface area contributed by atoms with E-state index in [0.29, 0.717) is 26.2 Å². The molecule has 1 aromatic rings. The van der Waals surface area contributed by atoms with Gasteiger partial charge in [0, 0.05) is 26.2 Å². The minimum absolute atomic E-state index is 0.133. The van der Waals surface area contributed by atoms with E-state index < -0.39 is 10.2 Å². The largest absolute Gasteiger partial charge is 0.314 e. The molecule has 0 aromatic carbocycles. The van der Waals surface area contributed by atoms with Gasteiger partial charge in [-0.05, 0) is 0 Å². The van der Waals surface area contributed by atoms with Crippen molar-refractivity contribution in [2.45, 2.75) is 0 Å². The van der Waals surface area contributed by atoms with Gasteiger partial charge in [-0.15, -0.1) is 0 Å². The smallest absolute Gasteiger partial charge is 0.304 e. The third kappa shape index (κ3) is 2.43. The van der Waals surface area contributed by atoms with Crippen molar-refractivity contribution >= 4 is 16.2 Å². The number of hydrogen-bond donors (Lipinski definition) is 3. The molecular formula is C6H12N6O2S. The number of nitrogens with zero attached hydrogens (tertiary/aromatic N) is 3. The molecule has 15 heavy (non-hydrogen) atoms. The third-order valence-corrected chi connectivity index (χ3v) is 3.55. The molecule has 0 saturated carbocycles. The second-order valence-corrected chi connectivity index (χ2v) is 4.76. The van der Waals surface area contributed by atoms with E-state index in [4.69, 9.17) is 0 Å². The van der Waals surface area contributed by atoms with Crippen LogP contribution in [0.4, 0.5) is 5.95 Å².